The fourth-order valence-corrected chi connectivity index (χ4v) is 7.40. The first kappa shape index (κ1) is 58.4. The molecule has 0 aromatic carbocycles. The van der Waals surface area contributed by atoms with Gasteiger partial charge in [-0.1, -0.05) is 223 Å². The molecule has 0 heterocycles. The van der Waals surface area contributed by atoms with Crippen molar-refractivity contribution in [1.29, 1.82) is 0 Å². The minimum absolute atomic E-state index is 0.0908. The van der Waals surface area contributed by atoms with Crippen LogP contribution in [0.25, 0.3) is 0 Å². The number of unbranched alkanes of at least 4 members (excludes halogenated alkanes) is 28. The van der Waals surface area contributed by atoms with Crippen molar-refractivity contribution in [2.24, 2.45) is 0 Å². The second-order valence-corrected chi connectivity index (χ2v) is 17.4. The lowest BCUT2D eigenvalue weighted by Gasteiger charge is -2.18. The minimum atomic E-state index is -0.792. The maximum absolute atomic E-state index is 12.8. The average molecular weight is 855 g/mol. The second-order valence-electron chi connectivity index (χ2n) is 17.4. The van der Waals surface area contributed by atoms with Gasteiger partial charge in [-0.25, -0.2) is 0 Å². The van der Waals surface area contributed by atoms with Crippen LogP contribution in [0.2, 0.25) is 0 Å². The number of hydrogen-bond donors (Lipinski definition) is 0. The van der Waals surface area contributed by atoms with Crippen LogP contribution in [0.5, 0.6) is 0 Å². The topological polar surface area (TPSA) is 78.9 Å². The van der Waals surface area contributed by atoms with Crippen LogP contribution in [0.1, 0.15) is 265 Å². The zero-order valence-corrected chi connectivity index (χ0v) is 40.4. The van der Waals surface area contributed by atoms with Gasteiger partial charge in [0.2, 0.25) is 0 Å². The minimum Gasteiger partial charge on any atom is -0.462 e. The largest absolute Gasteiger partial charge is 0.462 e. The molecule has 0 saturated carbocycles. The zero-order valence-electron chi connectivity index (χ0n) is 40.4. The van der Waals surface area contributed by atoms with E-state index in [-0.39, 0.29) is 37.5 Å². The second kappa shape index (κ2) is 50.0. The van der Waals surface area contributed by atoms with Gasteiger partial charge in [-0.05, 0) is 70.6 Å². The molecule has 0 N–H and O–H groups in total. The fraction of sp³-hybridized carbons (Fsp3) is 0.800. The van der Waals surface area contributed by atoms with Crippen molar-refractivity contribution in [3.8, 4) is 0 Å². The van der Waals surface area contributed by atoms with E-state index in [1.54, 1.807) is 0 Å². The van der Waals surface area contributed by atoms with Crippen LogP contribution in [0.3, 0.4) is 0 Å². The Labute approximate surface area is 378 Å². The van der Waals surface area contributed by atoms with Crippen molar-refractivity contribution in [3.63, 3.8) is 0 Å². The lowest BCUT2D eigenvalue weighted by Crippen LogP contribution is -2.30. The molecule has 0 radical (unpaired) electrons. The van der Waals surface area contributed by atoms with E-state index in [4.69, 9.17) is 14.2 Å². The van der Waals surface area contributed by atoms with Gasteiger partial charge in [0, 0.05) is 19.3 Å². The highest BCUT2D eigenvalue weighted by Crippen LogP contribution is 2.15. The van der Waals surface area contributed by atoms with Gasteiger partial charge < -0.3 is 14.2 Å². The Kier molecular flexibility index (Phi) is 47.9. The summed E-state index contributed by atoms with van der Waals surface area (Å²) in [6.07, 6.45) is 59.7. The molecule has 354 valence electrons. The van der Waals surface area contributed by atoms with Crippen LogP contribution in [0, 0.1) is 0 Å². The summed E-state index contributed by atoms with van der Waals surface area (Å²) in [5, 5.41) is 0. The summed E-state index contributed by atoms with van der Waals surface area (Å²) in [6.45, 7) is 6.48. The number of carbonyl (C=O) groups is 3. The Morgan fingerprint density at radius 1 is 0.344 bits per heavy atom. The molecule has 0 aliphatic carbocycles. The predicted octanol–water partition coefficient (Wildman–Crippen LogP) is 17.1. The van der Waals surface area contributed by atoms with Crippen LogP contribution in [-0.4, -0.2) is 37.2 Å². The monoisotopic (exact) mass is 855 g/mol. The van der Waals surface area contributed by atoms with Crippen molar-refractivity contribution in [3.05, 3.63) is 48.6 Å². The van der Waals surface area contributed by atoms with Crippen molar-refractivity contribution in [2.75, 3.05) is 13.2 Å². The maximum atomic E-state index is 12.8. The molecule has 0 rings (SSSR count). The molecule has 0 bridgehead atoms. The van der Waals surface area contributed by atoms with Crippen molar-refractivity contribution in [1.82, 2.24) is 0 Å². The Bertz CT molecular complexity index is 1070. The number of carbonyl (C=O) groups excluding carboxylic acids is 3. The van der Waals surface area contributed by atoms with E-state index >= 15 is 0 Å². The summed E-state index contributed by atoms with van der Waals surface area (Å²) in [5.41, 5.74) is 0. The van der Waals surface area contributed by atoms with Gasteiger partial charge in [-0.3, -0.25) is 14.4 Å². The number of ether oxygens (including phenoxy) is 3. The Balaban J connectivity index is 4.37. The van der Waals surface area contributed by atoms with E-state index in [1.165, 1.54) is 148 Å². The van der Waals surface area contributed by atoms with Crippen LogP contribution >= 0.6 is 0 Å². The summed E-state index contributed by atoms with van der Waals surface area (Å²) in [6, 6.07) is 0. The van der Waals surface area contributed by atoms with E-state index < -0.39 is 6.10 Å². The molecule has 0 aliphatic heterocycles. The molecule has 0 aliphatic rings. The van der Waals surface area contributed by atoms with Gasteiger partial charge in [0.15, 0.2) is 6.10 Å². The molecule has 1 unspecified atom stereocenters. The fourth-order valence-electron chi connectivity index (χ4n) is 7.40. The Morgan fingerprint density at radius 2 is 0.656 bits per heavy atom. The first-order valence-electron chi connectivity index (χ1n) is 26.1. The highest BCUT2D eigenvalue weighted by molar-refractivity contribution is 5.71. The highest BCUT2D eigenvalue weighted by atomic mass is 16.6. The zero-order chi connectivity index (χ0) is 44.4. The summed E-state index contributed by atoms with van der Waals surface area (Å²) in [7, 11) is 0. The van der Waals surface area contributed by atoms with Gasteiger partial charge >= 0.3 is 17.9 Å². The molecular formula is C55H98O6. The molecule has 0 spiro atoms. The maximum Gasteiger partial charge on any atom is 0.306 e. The van der Waals surface area contributed by atoms with Crippen LogP contribution in [0.4, 0.5) is 0 Å². The van der Waals surface area contributed by atoms with E-state index in [0.717, 1.165) is 70.6 Å². The van der Waals surface area contributed by atoms with Gasteiger partial charge in [-0.2, -0.15) is 0 Å². The predicted molar refractivity (Wildman–Crippen MR) is 261 cm³/mol. The smallest absolute Gasteiger partial charge is 0.306 e. The SMILES string of the molecule is CC/C=C\C/C=C\C/C=C\CCCC(=O)OCC(COC(=O)CCCCCCC/C=C\CCCCCCCCCCC)OC(=O)CCCCCCCCCCCCCCCC. The molecule has 0 aromatic rings. The molecule has 1 atom stereocenters. The van der Waals surface area contributed by atoms with Crippen LogP contribution in [0.15, 0.2) is 48.6 Å². The lowest BCUT2D eigenvalue weighted by atomic mass is 10.0. The Hall–Kier alpha value is -2.63. The van der Waals surface area contributed by atoms with E-state index in [2.05, 4.69) is 69.4 Å². The number of hydrogen-bond acceptors (Lipinski definition) is 6. The summed E-state index contributed by atoms with van der Waals surface area (Å²) in [4.78, 5) is 37.9. The summed E-state index contributed by atoms with van der Waals surface area (Å²) < 4.78 is 16.7. The van der Waals surface area contributed by atoms with E-state index in [9.17, 15) is 14.4 Å². The number of allylic oxidation sites excluding steroid dienone is 8. The van der Waals surface area contributed by atoms with E-state index in [0.29, 0.717) is 19.3 Å². The molecule has 0 amide bonds. The normalized spacial score (nSPS) is 12.4. The number of rotatable bonds is 47. The molecule has 0 fully saturated rings. The van der Waals surface area contributed by atoms with Crippen molar-refractivity contribution in [2.45, 2.75) is 271 Å². The molecule has 0 aromatic heterocycles. The molecule has 6 nitrogen and oxygen atoms in total. The molecule has 0 saturated heterocycles. The van der Waals surface area contributed by atoms with Gasteiger partial charge in [0.25, 0.3) is 0 Å². The summed E-state index contributed by atoms with van der Waals surface area (Å²) >= 11 is 0. The van der Waals surface area contributed by atoms with Crippen molar-refractivity contribution >= 4 is 17.9 Å². The number of esters is 3. The first-order valence-corrected chi connectivity index (χ1v) is 26.1. The summed E-state index contributed by atoms with van der Waals surface area (Å²) in [5.74, 6) is -0.947. The third kappa shape index (κ3) is 48.3. The average Bonchev–Trinajstić information content (AvgIpc) is 3.26. The van der Waals surface area contributed by atoms with Gasteiger partial charge in [-0.15, -0.1) is 0 Å². The highest BCUT2D eigenvalue weighted by Gasteiger charge is 2.19. The quantitative estimate of drug-likeness (QED) is 0.0263. The van der Waals surface area contributed by atoms with E-state index in [1.807, 2.05) is 0 Å². The Morgan fingerprint density at radius 3 is 1.08 bits per heavy atom. The van der Waals surface area contributed by atoms with Crippen molar-refractivity contribution < 1.29 is 28.6 Å². The van der Waals surface area contributed by atoms with Gasteiger partial charge in [0.1, 0.15) is 13.2 Å². The van der Waals surface area contributed by atoms with Gasteiger partial charge in [0.05, 0.1) is 0 Å². The molecule has 6 heteroatoms. The lowest BCUT2D eigenvalue weighted by molar-refractivity contribution is -0.167. The van der Waals surface area contributed by atoms with Crippen LogP contribution in [-0.2, 0) is 28.6 Å². The molecule has 61 heavy (non-hydrogen) atoms. The third-order valence-electron chi connectivity index (χ3n) is 11.3. The van der Waals surface area contributed by atoms with Crippen LogP contribution < -0.4 is 0 Å². The third-order valence-corrected chi connectivity index (χ3v) is 11.3. The first-order chi connectivity index (χ1) is 30.0. The molecular weight excluding hydrogens is 757 g/mol. The standard InChI is InChI=1S/C55H98O6/c1-4-7-10-13-16-19-22-24-26-27-28-29-31-33-36-39-42-45-48-54(57)60-51-52(50-59-53(56)47-44-41-38-35-32-21-18-15-12-9-6-3)61-55(58)49-46-43-40-37-34-30-25-23-20-17-14-11-8-5-2/h9,12,18,21,28-29,35,38,52H,4-8,10-11,13-17,19-20,22-27,30-34,36-37,39-51H2,1-3H3/b12-9-,21-18-,29-28-,38-35-.